The summed E-state index contributed by atoms with van der Waals surface area (Å²) >= 11 is 0. The van der Waals surface area contributed by atoms with Crippen LogP contribution in [-0.4, -0.2) is 16.4 Å². The first kappa shape index (κ1) is 124. The van der Waals surface area contributed by atoms with Crippen LogP contribution >= 0.6 is 54.8 Å². The van der Waals surface area contributed by atoms with Crippen LogP contribution in [0.3, 0.4) is 0 Å². The Morgan fingerprint density at radius 2 is 0.213 bits per heavy atom. The molecule has 0 saturated carbocycles. The van der Waals surface area contributed by atoms with Crippen molar-refractivity contribution >= 4 is 54.8 Å². The van der Waals surface area contributed by atoms with Gasteiger partial charge in [0.25, 0.3) is 0 Å². The van der Waals surface area contributed by atoms with Gasteiger partial charge in [0.2, 0.25) is 0 Å². The number of hydrogen-bond donors (Lipinski definition) is 0. The molecule has 0 bridgehead atoms. The van der Waals surface area contributed by atoms with Gasteiger partial charge in [-0.3, -0.25) is 0 Å². The molecule has 31 nitrogen and oxygen atoms in total. The Labute approximate surface area is 363 Å². The summed E-state index contributed by atoms with van der Waals surface area (Å²) in [5.74, 6) is 0. The van der Waals surface area contributed by atoms with Gasteiger partial charge in [-0.05, 0) is 0 Å². The zero-order valence-electron chi connectivity index (χ0n) is 20.4. The normalized spacial score (nSPS) is 8.79. The Bertz CT molecular complexity index is 593. The quantitative estimate of drug-likeness (QED) is 0.160. The van der Waals surface area contributed by atoms with E-state index in [9.17, 15) is 0 Å². The molecule has 0 aromatic rings. The molecule has 0 aliphatic carbocycles. The second kappa shape index (κ2) is 58.3. The first-order chi connectivity index (χ1) is 14.0. The maximum Gasteiger partial charge on any atom is 3.00 e. The van der Waals surface area contributed by atoms with Crippen LogP contribution in [0.2, 0.25) is 0 Å². The minimum Gasteiger partial charge on any atom is -0.822 e. The Morgan fingerprint density at radius 3 is 0.213 bits per heavy atom. The third-order valence-corrected chi connectivity index (χ3v) is 0. The van der Waals surface area contributed by atoms with E-state index in [1.54, 1.807) is 0 Å². The van der Waals surface area contributed by atoms with Gasteiger partial charge in [-0.15, -0.1) is 0 Å². The van der Waals surface area contributed by atoms with Gasteiger partial charge in [0.1, 0.15) is 0 Å². The van der Waals surface area contributed by atoms with Crippen molar-refractivity contribution in [1.29, 1.82) is 0 Å². The van der Waals surface area contributed by atoms with E-state index in [1.807, 2.05) is 0 Å². The fourth-order valence-corrected chi connectivity index (χ4v) is 0. The van der Waals surface area contributed by atoms with E-state index in [2.05, 4.69) is 0 Å². The van der Waals surface area contributed by atoms with Crippen LogP contribution in [0.25, 0.3) is 0 Å². The number of phosphoric acid groups is 7. The third-order valence-electron chi connectivity index (χ3n) is 0. The average Bonchev–Trinajstić information content (AvgIpc) is 2.06. The summed E-state index contributed by atoms with van der Waals surface area (Å²) in [7, 11) is -37.7. The zero-order valence-corrected chi connectivity index (χ0v) is 42.4. The molecule has 278 valence electrons. The molecule has 0 amide bonds. The largest absolute Gasteiger partial charge is 3.00 e. The van der Waals surface area contributed by atoms with Crippen LogP contribution in [0.1, 0.15) is 0 Å². The van der Waals surface area contributed by atoms with Gasteiger partial charge < -0.3 is 151 Å². The van der Waals surface area contributed by atoms with Gasteiger partial charge in [-0.2, -0.15) is 54.8 Å². The zero-order chi connectivity index (χ0) is 31.5. The van der Waals surface area contributed by atoms with Crippen LogP contribution in [0.15, 0.2) is 0 Å². The fourth-order valence-electron chi connectivity index (χ4n) is 0. The van der Waals surface area contributed by atoms with E-state index in [1.165, 1.54) is 0 Å². The molecular weight excluding hydrogens is 1240 g/mol. The van der Waals surface area contributed by atoms with E-state index in [4.69, 9.17) is 135 Å². The Morgan fingerprint density at radius 1 is 0.213 bits per heavy atom. The van der Waals surface area contributed by atoms with Gasteiger partial charge in [0, 0.05) is 0 Å². The molecule has 0 rings (SSSR count). The fraction of sp³-hybridized carbons (Fsp3) is 0. The van der Waals surface area contributed by atoms with Gasteiger partial charge in [0.05, 0.1) is 0 Å². The standard InChI is InChI=1S/3Fe.3Mn.7H3O4P.3H2O.3Zn/c;;;;;;7*1-5(2,3)4;;;;;;/h;;;;;;7*(H3,1,2,3,4);3*1H2;;;/q3*+3;3*+2;;;;;;;;;;;3*+2/p-21. The maximum atomic E-state index is 8.55. The summed E-state index contributed by atoms with van der Waals surface area (Å²) in [6, 6.07) is 0. The Kier molecular flexibility index (Phi) is 154. The Hall–Kier alpha value is 5.64. The average molecular weight is 1250 g/mol. The van der Waals surface area contributed by atoms with Crippen molar-refractivity contribution in [2.75, 3.05) is 0 Å². The van der Waals surface area contributed by atoms with Crippen molar-refractivity contribution in [2.45, 2.75) is 0 Å². The summed E-state index contributed by atoms with van der Waals surface area (Å²) in [6.07, 6.45) is 0. The number of rotatable bonds is 0. The van der Waals surface area contributed by atoms with Crippen molar-refractivity contribution in [3.63, 3.8) is 0 Å². The molecule has 0 saturated heterocycles. The molecule has 0 aliphatic rings. The minimum atomic E-state index is -5.39. The second-order valence-electron chi connectivity index (χ2n) is 3.13. The van der Waals surface area contributed by atoms with Crippen LogP contribution in [0.5, 0.6) is 0 Å². The minimum absolute atomic E-state index is 0. The predicted molar refractivity (Wildman–Crippen MR) is 64.1 cm³/mol. The molecule has 0 atom stereocenters. The summed E-state index contributed by atoms with van der Waals surface area (Å²) in [4.78, 5) is 180. The molecule has 0 aromatic carbocycles. The van der Waals surface area contributed by atoms with E-state index in [-0.39, 0.29) is 177 Å². The van der Waals surface area contributed by atoms with E-state index < -0.39 is 54.8 Å². The van der Waals surface area contributed by atoms with E-state index in [0.717, 1.165) is 0 Å². The van der Waals surface area contributed by atoms with E-state index >= 15 is 0 Å². The van der Waals surface area contributed by atoms with Crippen molar-refractivity contribution in [1.82, 2.24) is 0 Å². The summed E-state index contributed by atoms with van der Waals surface area (Å²) in [5.41, 5.74) is 0. The van der Waals surface area contributed by atoms with Crippen molar-refractivity contribution in [3.05, 3.63) is 0 Å². The molecule has 6 radical (unpaired) electrons. The van der Waals surface area contributed by atoms with Gasteiger partial charge in [-0.25, -0.2) is 0 Å². The Balaban J connectivity index is -0.0000000110. The van der Waals surface area contributed by atoms with Crippen LogP contribution < -0.4 is 103 Å². The molecule has 0 fully saturated rings. The molecule has 47 heteroatoms. The summed E-state index contributed by atoms with van der Waals surface area (Å²) in [6.45, 7) is 0. The van der Waals surface area contributed by atoms with Crippen molar-refractivity contribution < 1.29 is 312 Å². The SMILES string of the molecule is O.O.O.O=P([O-])([O-])[O-].O=P([O-])([O-])[O-].O=P([O-])([O-])[O-].O=P([O-])([O-])[O-].O=P([O-])([O-])[O-].O=P([O-])([O-])[O-].O=P([O-])([O-])[O-].[Fe+3].[Fe+3].[Fe+3].[Mn+2].[Mn+2].[Mn+2].[Zn+2].[Zn+2].[Zn+2]. The van der Waals surface area contributed by atoms with Gasteiger partial charge >= 0.3 is 161 Å². The van der Waals surface area contributed by atoms with Crippen LogP contribution in [-0.2, 0) is 193 Å². The van der Waals surface area contributed by atoms with E-state index in [0.29, 0.717) is 0 Å². The molecule has 0 unspecified atom stereocenters. The summed E-state index contributed by atoms with van der Waals surface area (Å²) < 4.78 is 59.8. The number of hydrogen-bond acceptors (Lipinski definition) is 28. The van der Waals surface area contributed by atoms with Gasteiger partial charge in [-0.1, -0.05) is 0 Å². The third kappa shape index (κ3) is 4000. The second-order valence-corrected chi connectivity index (χ2v) is 9.39. The van der Waals surface area contributed by atoms with Crippen LogP contribution in [0.4, 0.5) is 0 Å². The first-order valence-electron chi connectivity index (χ1n) is 5.11. The van der Waals surface area contributed by atoms with Gasteiger partial charge in [0.15, 0.2) is 0 Å². The monoisotopic (exact) mass is 1240 g/mol. The van der Waals surface area contributed by atoms with Crippen LogP contribution in [0, 0.1) is 0 Å². The summed E-state index contributed by atoms with van der Waals surface area (Å²) in [5, 5.41) is 0. The maximum absolute atomic E-state index is 8.55. The van der Waals surface area contributed by atoms with Crippen molar-refractivity contribution in [2.24, 2.45) is 0 Å². The van der Waals surface area contributed by atoms with Crippen molar-refractivity contribution in [3.8, 4) is 0 Å². The molecule has 6 N–H and O–H groups in total. The molecule has 0 aromatic heterocycles. The molecule has 0 aliphatic heterocycles. The molecule has 47 heavy (non-hydrogen) atoms. The topological polar surface area (TPSA) is 698 Å². The molecular formula is H6Fe3Mn3O31P7Zn3. The predicted octanol–water partition coefficient (Wildman–Crippen LogP) is -22.3. The smallest absolute Gasteiger partial charge is 0.822 e. The molecule has 0 heterocycles. The molecule has 0 spiro atoms. The first-order valence-corrected chi connectivity index (χ1v) is 15.3.